The third-order valence-electron chi connectivity index (χ3n) is 3.73. The van der Waals surface area contributed by atoms with Crippen LogP contribution in [0.2, 0.25) is 0 Å². The van der Waals surface area contributed by atoms with E-state index in [0.29, 0.717) is 13.2 Å². The lowest BCUT2D eigenvalue weighted by Crippen LogP contribution is -2.36. The molecule has 3 nitrogen and oxygen atoms in total. The molecular formula is C16H24O3S. The van der Waals surface area contributed by atoms with Gasteiger partial charge in [0.15, 0.2) is 11.5 Å². The zero-order valence-electron chi connectivity index (χ0n) is 12.1. The van der Waals surface area contributed by atoms with E-state index >= 15 is 0 Å². The van der Waals surface area contributed by atoms with Crippen molar-refractivity contribution in [1.29, 1.82) is 0 Å². The molecule has 1 aliphatic rings. The fourth-order valence-electron chi connectivity index (χ4n) is 2.28. The van der Waals surface area contributed by atoms with Gasteiger partial charge < -0.3 is 14.2 Å². The fourth-order valence-corrected chi connectivity index (χ4v) is 2.69. The van der Waals surface area contributed by atoms with E-state index in [2.05, 4.69) is 19.6 Å². The minimum Gasteiger partial charge on any atom is -0.490 e. The van der Waals surface area contributed by atoms with Gasteiger partial charge in [-0.2, -0.15) is 12.6 Å². The Hall–Kier alpha value is -0.870. The third-order valence-corrected chi connectivity index (χ3v) is 4.40. The standard InChI is InChI=1S/C16H24O3S/c1-2-9-18-14-5-3-4-6-15(14)19-12-16(13-20)7-10-17-11-8-16/h3-6,20H,2,7-13H2,1H3. The van der Waals surface area contributed by atoms with Gasteiger partial charge in [0, 0.05) is 18.6 Å². The molecule has 4 heteroatoms. The first kappa shape index (κ1) is 15.5. The Labute approximate surface area is 127 Å². The maximum Gasteiger partial charge on any atom is 0.161 e. The number of benzene rings is 1. The predicted molar refractivity (Wildman–Crippen MR) is 84.1 cm³/mol. The highest BCUT2D eigenvalue weighted by Crippen LogP contribution is 2.34. The first-order valence-electron chi connectivity index (χ1n) is 7.33. The Balaban J connectivity index is 1.98. The van der Waals surface area contributed by atoms with Gasteiger partial charge in [0.05, 0.1) is 13.2 Å². The summed E-state index contributed by atoms with van der Waals surface area (Å²) >= 11 is 4.51. The van der Waals surface area contributed by atoms with Crippen LogP contribution in [0.25, 0.3) is 0 Å². The molecule has 0 aliphatic carbocycles. The molecule has 1 aromatic rings. The zero-order valence-corrected chi connectivity index (χ0v) is 13.0. The Kier molecular flexibility index (Phi) is 6.05. The number of para-hydroxylation sites is 2. The van der Waals surface area contributed by atoms with Crippen molar-refractivity contribution in [3.63, 3.8) is 0 Å². The molecule has 0 aromatic heterocycles. The molecule has 112 valence electrons. The first-order chi connectivity index (χ1) is 9.79. The smallest absolute Gasteiger partial charge is 0.161 e. The molecule has 1 aromatic carbocycles. The topological polar surface area (TPSA) is 27.7 Å². The van der Waals surface area contributed by atoms with Crippen LogP contribution in [0.1, 0.15) is 26.2 Å². The van der Waals surface area contributed by atoms with Gasteiger partial charge in [0.2, 0.25) is 0 Å². The average Bonchev–Trinajstić information content (AvgIpc) is 2.52. The van der Waals surface area contributed by atoms with E-state index in [1.54, 1.807) is 0 Å². The largest absolute Gasteiger partial charge is 0.490 e. The summed E-state index contributed by atoms with van der Waals surface area (Å²) in [6.07, 6.45) is 3.01. The molecule has 1 fully saturated rings. The highest BCUT2D eigenvalue weighted by atomic mass is 32.1. The number of thiol groups is 1. The van der Waals surface area contributed by atoms with Crippen molar-refractivity contribution >= 4 is 12.6 Å². The van der Waals surface area contributed by atoms with Crippen LogP contribution in [0.15, 0.2) is 24.3 Å². The van der Waals surface area contributed by atoms with E-state index in [-0.39, 0.29) is 5.41 Å². The van der Waals surface area contributed by atoms with Gasteiger partial charge in [0.1, 0.15) is 0 Å². The highest BCUT2D eigenvalue weighted by molar-refractivity contribution is 7.80. The Bertz CT molecular complexity index is 402. The van der Waals surface area contributed by atoms with Gasteiger partial charge >= 0.3 is 0 Å². The van der Waals surface area contributed by atoms with Crippen LogP contribution in [-0.2, 0) is 4.74 Å². The lowest BCUT2D eigenvalue weighted by atomic mass is 9.83. The van der Waals surface area contributed by atoms with Crippen LogP contribution in [0.5, 0.6) is 11.5 Å². The van der Waals surface area contributed by atoms with E-state index in [0.717, 1.165) is 49.7 Å². The molecule has 20 heavy (non-hydrogen) atoms. The molecule has 0 spiro atoms. The number of rotatable bonds is 7. The predicted octanol–water partition coefficient (Wildman–Crippen LogP) is 3.58. The summed E-state index contributed by atoms with van der Waals surface area (Å²) in [7, 11) is 0. The Morgan fingerprint density at radius 3 is 2.40 bits per heavy atom. The molecule has 0 saturated carbocycles. The van der Waals surface area contributed by atoms with Crippen LogP contribution < -0.4 is 9.47 Å². The van der Waals surface area contributed by atoms with Gasteiger partial charge in [-0.1, -0.05) is 19.1 Å². The summed E-state index contributed by atoms with van der Waals surface area (Å²) in [4.78, 5) is 0. The summed E-state index contributed by atoms with van der Waals surface area (Å²) in [6, 6.07) is 7.88. The number of hydrogen-bond donors (Lipinski definition) is 1. The van der Waals surface area contributed by atoms with Crippen molar-refractivity contribution in [3.8, 4) is 11.5 Å². The van der Waals surface area contributed by atoms with E-state index in [4.69, 9.17) is 14.2 Å². The molecule has 0 bridgehead atoms. The number of hydrogen-bond acceptors (Lipinski definition) is 4. The van der Waals surface area contributed by atoms with E-state index < -0.39 is 0 Å². The fraction of sp³-hybridized carbons (Fsp3) is 0.625. The summed E-state index contributed by atoms with van der Waals surface area (Å²) in [6.45, 7) is 5.09. The Morgan fingerprint density at radius 2 is 1.80 bits per heavy atom. The van der Waals surface area contributed by atoms with Crippen LogP contribution in [0, 0.1) is 5.41 Å². The molecule has 0 N–H and O–H groups in total. The second-order valence-corrected chi connectivity index (χ2v) is 5.67. The van der Waals surface area contributed by atoms with Crippen molar-refractivity contribution < 1.29 is 14.2 Å². The molecule has 1 saturated heterocycles. The minimum atomic E-state index is 0.124. The minimum absolute atomic E-state index is 0.124. The zero-order chi connectivity index (χ0) is 14.3. The molecule has 0 unspecified atom stereocenters. The van der Waals surface area contributed by atoms with Gasteiger partial charge in [-0.05, 0) is 37.1 Å². The molecule has 0 atom stereocenters. The molecule has 0 amide bonds. The Morgan fingerprint density at radius 1 is 1.15 bits per heavy atom. The van der Waals surface area contributed by atoms with Gasteiger partial charge in [-0.15, -0.1) is 0 Å². The lowest BCUT2D eigenvalue weighted by Gasteiger charge is -2.35. The lowest BCUT2D eigenvalue weighted by molar-refractivity contribution is 0.00260. The first-order valence-corrected chi connectivity index (χ1v) is 7.96. The van der Waals surface area contributed by atoms with Gasteiger partial charge in [0.25, 0.3) is 0 Å². The SMILES string of the molecule is CCCOc1ccccc1OCC1(CS)CCOCC1. The van der Waals surface area contributed by atoms with Crippen molar-refractivity contribution in [2.45, 2.75) is 26.2 Å². The van der Waals surface area contributed by atoms with Gasteiger partial charge in [-0.3, -0.25) is 0 Å². The highest BCUT2D eigenvalue weighted by Gasteiger charge is 2.32. The van der Waals surface area contributed by atoms with Crippen LogP contribution >= 0.6 is 12.6 Å². The quantitative estimate of drug-likeness (QED) is 0.779. The third kappa shape index (κ3) is 4.06. The van der Waals surface area contributed by atoms with Crippen LogP contribution in [0.3, 0.4) is 0 Å². The summed E-state index contributed by atoms with van der Waals surface area (Å²) in [5, 5.41) is 0. The monoisotopic (exact) mass is 296 g/mol. The van der Waals surface area contributed by atoms with Crippen LogP contribution in [-0.4, -0.2) is 32.2 Å². The second kappa shape index (κ2) is 7.79. The average molecular weight is 296 g/mol. The molecule has 2 rings (SSSR count). The summed E-state index contributed by atoms with van der Waals surface area (Å²) < 4.78 is 17.2. The summed E-state index contributed by atoms with van der Waals surface area (Å²) in [5.74, 6) is 2.48. The maximum absolute atomic E-state index is 6.04. The van der Waals surface area contributed by atoms with Crippen molar-refractivity contribution in [1.82, 2.24) is 0 Å². The van der Waals surface area contributed by atoms with Crippen molar-refractivity contribution in [2.75, 3.05) is 32.2 Å². The normalized spacial score (nSPS) is 17.7. The van der Waals surface area contributed by atoms with E-state index in [9.17, 15) is 0 Å². The van der Waals surface area contributed by atoms with Crippen molar-refractivity contribution in [2.24, 2.45) is 5.41 Å². The van der Waals surface area contributed by atoms with E-state index in [1.807, 2.05) is 24.3 Å². The summed E-state index contributed by atoms with van der Waals surface area (Å²) in [5.41, 5.74) is 0.124. The second-order valence-electron chi connectivity index (χ2n) is 5.35. The van der Waals surface area contributed by atoms with Crippen LogP contribution in [0.4, 0.5) is 0 Å². The van der Waals surface area contributed by atoms with Gasteiger partial charge in [-0.25, -0.2) is 0 Å². The van der Waals surface area contributed by atoms with E-state index in [1.165, 1.54) is 0 Å². The molecular weight excluding hydrogens is 272 g/mol. The molecule has 1 heterocycles. The maximum atomic E-state index is 6.04. The van der Waals surface area contributed by atoms with Crippen molar-refractivity contribution in [3.05, 3.63) is 24.3 Å². The number of ether oxygens (including phenoxy) is 3. The molecule has 1 aliphatic heterocycles. The molecule has 0 radical (unpaired) electrons.